The van der Waals surface area contributed by atoms with E-state index in [2.05, 4.69) is 27.1 Å². The van der Waals surface area contributed by atoms with Gasteiger partial charge in [-0.25, -0.2) is 0 Å². The molecule has 0 saturated heterocycles. The van der Waals surface area contributed by atoms with Crippen LogP contribution in [-0.2, 0) is 19.6 Å². The SMILES string of the molecule is CCn1cc(OCc2cc(Br)cc3c2OCC3)cn1. The van der Waals surface area contributed by atoms with Crippen LogP contribution in [0.2, 0.25) is 0 Å². The minimum absolute atomic E-state index is 0.497. The van der Waals surface area contributed by atoms with Crippen molar-refractivity contribution < 1.29 is 9.47 Å². The summed E-state index contributed by atoms with van der Waals surface area (Å²) >= 11 is 3.53. The summed E-state index contributed by atoms with van der Waals surface area (Å²) in [5.41, 5.74) is 2.32. The molecule has 5 heteroatoms. The fraction of sp³-hybridized carbons (Fsp3) is 0.357. The van der Waals surface area contributed by atoms with Gasteiger partial charge in [-0.2, -0.15) is 5.10 Å². The zero-order valence-corrected chi connectivity index (χ0v) is 12.3. The Morgan fingerprint density at radius 1 is 1.47 bits per heavy atom. The Labute approximate surface area is 120 Å². The van der Waals surface area contributed by atoms with Gasteiger partial charge in [-0.05, 0) is 24.6 Å². The van der Waals surface area contributed by atoms with Crippen LogP contribution >= 0.6 is 15.9 Å². The predicted octanol–water partition coefficient (Wildman–Crippen LogP) is 3.18. The molecule has 0 saturated carbocycles. The molecule has 0 unspecified atom stereocenters. The van der Waals surface area contributed by atoms with Crippen molar-refractivity contribution >= 4 is 15.9 Å². The molecule has 4 nitrogen and oxygen atoms in total. The van der Waals surface area contributed by atoms with Crippen molar-refractivity contribution in [2.45, 2.75) is 26.5 Å². The summed E-state index contributed by atoms with van der Waals surface area (Å²) in [6.07, 6.45) is 4.61. The number of halogens is 1. The molecule has 19 heavy (non-hydrogen) atoms. The topological polar surface area (TPSA) is 36.3 Å². The van der Waals surface area contributed by atoms with Gasteiger partial charge in [0.2, 0.25) is 0 Å². The van der Waals surface area contributed by atoms with Gasteiger partial charge in [0.05, 0.1) is 19.0 Å². The van der Waals surface area contributed by atoms with Gasteiger partial charge in [0.25, 0.3) is 0 Å². The summed E-state index contributed by atoms with van der Waals surface area (Å²) < 4.78 is 14.4. The minimum Gasteiger partial charge on any atom is -0.493 e. The maximum Gasteiger partial charge on any atom is 0.157 e. The predicted molar refractivity (Wildman–Crippen MR) is 75.6 cm³/mol. The Kier molecular flexibility index (Phi) is 3.46. The maximum atomic E-state index is 5.77. The lowest BCUT2D eigenvalue weighted by Gasteiger charge is -2.09. The van der Waals surface area contributed by atoms with E-state index in [4.69, 9.17) is 9.47 Å². The van der Waals surface area contributed by atoms with Gasteiger partial charge in [0, 0.05) is 23.0 Å². The van der Waals surface area contributed by atoms with Crippen LogP contribution in [0.3, 0.4) is 0 Å². The van der Waals surface area contributed by atoms with Crippen molar-refractivity contribution in [1.29, 1.82) is 0 Å². The molecule has 100 valence electrons. The Hall–Kier alpha value is -1.49. The summed E-state index contributed by atoms with van der Waals surface area (Å²) in [7, 11) is 0. The first-order valence-electron chi connectivity index (χ1n) is 6.35. The number of rotatable bonds is 4. The molecule has 0 radical (unpaired) electrons. The number of fused-ring (bicyclic) bond motifs is 1. The molecule has 0 atom stereocenters. The normalized spacial score (nSPS) is 13.2. The molecular formula is C14H15BrN2O2. The fourth-order valence-electron chi connectivity index (χ4n) is 2.21. The lowest BCUT2D eigenvalue weighted by atomic mass is 10.1. The summed E-state index contributed by atoms with van der Waals surface area (Å²) in [5.74, 6) is 1.76. The standard InChI is InChI=1S/C14H15BrN2O2/c1-2-17-8-13(7-16-17)19-9-11-6-12(15)5-10-3-4-18-14(10)11/h5-8H,2-4,9H2,1H3. The van der Waals surface area contributed by atoms with Crippen molar-refractivity contribution in [3.63, 3.8) is 0 Å². The lowest BCUT2D eigenvalue weighted by molar-refractivity contribution is 0.291. The Morgan fingerprint density at radius 2 is 2.37 bits per heavy atom. The van der Waals surface area contributed by atoms with Gasteiger partial charge in [-0.3, -0.25) is 4.68 Å². The molecule has 0 N–H and O–H groups in total. The molecule has 2 aromatic rings. The van der Waals surface area contributed by atoms with E-state index in [9.17, 15) is 0 Å². The Balaban J connectivity index is 1.76. The Morgan fingerprint density at radius 3 is 3.16 bits per heavy atom. The van der Waals surface area contributed by atoms with Crippen molar-refractivity contribution in [3.05, 3.63) is 40.1 Å². The molecule has 0 amide bonds. The summed E-state index contributed by atoms with van der Waals surface area (Å²) in [5, 5.41) is 4.19. The second kappa shape index (κ2) is 5.25. The second-order valence-electron chi connectivity index (χ2n) is 4.47. The first kappa shape index (κ1) is 12.5. The van der Waals surface area contributed by atoms with Crippen LogP contribution in [0, 0.1) is 0 Å². The highest BCUT2D eigenvalue weighted by atomic mass is 79.9. The molecule has 1 aromatic heterocycles. The third-order valence-corrected chi connectivity index (χ3v) is 3.61. The van der Waals surface area contributed by atoms with Crippen LogP contribution < -0.4 is 9.47 Å². The monoisotopic (exact) mass is 322 g/mol. The van der Waals surface area contributed by atoms with E-state index in [-0.39, 0.29) is 0 Å². The molecule has 1 aliphatic rings. The highest BCUT2D eigenvalue weighted by Gasteiger charge is 2.17. The second-order valence-corrected chi connectivity index (χ2v) is 5.39. The zero-order valence-electron chi connectivity index (χ0n) is 10.7. The lowest BCUT2D eigenvalue weighted by Crippen LogP contribution is -1.98. The smallest absolute Gasteiger partial charge is 0.157 e. The van der Waals surface area contributed by atoms with Crippen LogP contribution in [0.5, 0.6) is 11.5 Å². The highest BCUT2D eigenvalue weighted by Crippen LogP contribution is 2.33. The summed E-state index contributed by atoms with van der Waals surface area (Å²) in [6, 6.07) is 4.16. The third-order valence-electron chi connectivity index (χ3n) is 3.15. The van der Waals surface area contributed by atoms with Crippen molar-refractivity contribution in [1.82, 2.24) is 9.78 Å². The van der Waals surface area contributed by atoms with E-state index in [1.54, 1.807) is 6.20 Å². The number of aromatic nitrogens is 2. The van der Waals surface area contributed by atoms with Gasteiger partial charge < -0.3 is 9.47 Å². The van der Waals surface area contributed by atoms with Crippen molar-refractivity contribution in [2.75, 3.05) is 6.61 Å². The van der Waals surface area contributed by atoms with Gasteiger partial charge >= 0.3 is 0 Å². The molecule has 1 aliphatic heterocycles. The van der Waals surface area contributed by atoms with Crippen molar-refractivity contribution in [2.24, 2.45) is 0 Å². The molecular weight excluding hydrogens is 308 g/mol. The summed E-state index contributed by atoms with van der Waals surface area (Å²) in [6.45, 7) is 4.15. The fourth-order valence-corrected chi connectivity index (χ4v) is 2.76. The first-order valence-corrected chi connectivity index (χ1v) is 7.15. The van der Waals surface area contributed by atoms with E-state index in [1.807, 2.05) is 23.9 Å². The zero-order chi connectivity index (χ0) is 13.2. The molecule has 3 rings (SSSR count). The van der Waals surface area contributed by atoms with Crippen LogP contribution in [-0.4, -0.2) is 16.4 Å². The van der Waals surface area contributed by atoms with E-state index >= 15 is 0 Å². The number of benzene rings is 1. The average molecular weight is 323 g/mol. The molecule has 2 heterocycles. The minimum atomic E-state index is 0.497. The van der Waals surface area contributed by atoms with Crippen molar-refractivity contribution in [3.8, 4) is 11.5 Å². The third kappa shape index (κ3) is 2.61. The van der Waals surface area contributed by atoms with E-state index in [1.165, 1.54) is 5.56 Å². The molecule has 0 aliphatic carbocycles. The Bertz CT molecular complexity index is 595. The summed E-state index contributed by atoms with van der Waals surface area (Å²) in [4.78, 5) is 0. The first-order chi connectivity index (χ1) is 9.26. The molecule has 0 fully saturated rings. The number of hydrogen-bond acceptors (Lipinski definition) is 3. The molecule has 0 bridgehead atoms. The van der Waals surface area contributed by atoms with Crippen LogP contribution in [0.25, 0.3) is 0 Å². The molecule has 0 spiro atoms. The molecule has 1 aromatic carbocycles. The van der Waals surface area contributed by atoms with Gasteiger partial charge in [0.1, 0.15) is 12.4 Å². The largest absolute Gasteiger partial charge is 0.493 e. The number of nitrogens with zero attached hydrogens (tertiary/aromatic N) is 2. The van der Waals surface area contributed by atoms with Gasteiger partial charge in [-0.1, -0.05) is 15.9 Å². The number of hydrogen-bond donors (Lipinski definition) is 0. The average Bonchev–Trinajstić information content (AvgIpc) is 3.03. The number of aryl methyl sites for hydroxylation is 1. The highest BCUT2D eigenvalue weighted by molar-refractivity contribution is 9.10. The van der Waals surface area contributed by atoms with E-state index < -0.39 is 0 Å². The van der Waals surface area contributed by atoms with E-state index in [0.717, 1.165) is 41.1 Å². The van der Waals surface area contributed by atoms with Gasteiger partial charge in [0.15, 0.2) is 5.75 Å². The van der Waals surface area contributed by atoms with Crippen LogP contribution in [0.15, 0.2) is 29.0 Å². The maximum absolute atomic E-state index is 5.77. The number of ether oxygens (including phenoxy) is 2. The van der Waals surface area contributed by atoms with E-state index in [0.29, 0.717) is 6.61 Å². The van der Waals surface area contributed by atoms with Gasteiger partial charge in [-0.15, -0.1) is 0 Å². The quantitative estimate of drug-likeness (QED) is 0.867. The van der Waals surface area contributed by atoms with Crippen LogP contribution in [0.1, 0.15) is 18.1 Å². The van der Waals surface area contributed by atoms with Crippen LogP contribution in [0.4, 0.5) is 0 Å².